The lowest BCUT2D eigenvalue weighted by atomic mass is 10.1. The molecule has 0 aromatic heterocycles. The standard InChI is InChI=1S/C25H24N2O5S/c28-24-17-20(25(29)30)18-26(24)21-11-13-23(14-12-21)33(31,32)27(22-9-5-2-6-10-22)16-15-19-7-3-1-4-8-19/h1-14,20H,15-18H2,(H,29,30). The molecule has 0 saturated carbocycles. The number of hydrogen-bond donors (Lipinski definition) is 1. The van der Waals surface area contributed by atoms with Crippen LogP contribution in [0.25, 0.3) is 0 Å². The predicted octanol–water partition coefficient (Wildman–Crippen LogP) is 3.56. The lowest BCUT2D eigenvalue weighted by Crippen LogP contribution is -2.33. The smallest absolute Gasteiger partial charge is 0.308 e. The van der Waals surface area contributed by atoms with Crippen molar-refractivity contribution in [3.8, 4) is 0 Å². The highest BCUT2D eigenvalue weighted by atomic mass is 32.2. The summed E-state index contributed by atoms with van der Waals surface area (Å²) in [5, 5.41) is 9.18. The number of benzene rings is 3. The Hall–Kier alpha value is -3.65. The summed E-state index contributed by atoms with van der Waals surface area (Å²) in [4.78, 5) is 24.9. The van der Waals surface area contributed by atoms with E-state index >= 15 is 0 Å². The van der Waals surface area contributed by atoms with E-state index in [1.807, 2.05) is 36.4 Å². The van der Waals surface area contributed by atoms with E-state index in [2.05, 4.69) is 0 Å². The summed E-state index contributed by atoms with van der Waals surface area (Å²) in [6.45, 7) is 0.344. The zero-order valence-electron chi connectivity index (χ0n) is 17.9. The maximum atomic E-state index is 13.6. The SMILES string of the molecule is O=C(O)C1CC(=O)N(c2ccc(S(=O)(=O)N(CCc3ccccc3)c3ccccc3)cc2)C1. The Morgan fingerprint density at radius 2 is 1.55 bits per heavy atom. The lowest BCUT2D eigenvalue weighted by Gasteiger charge is -2.25. The van der Waals surface area contributed by atoms with Crippen molar-refractivity contribution in [2.45, 2.75) is 17.7 Å². The van der Waals surface area contributed by atoms with Crippen molar-refractivity contribution in [3.63, 3.8) is 0 Å². The molecular formula is C25H24N2O5S. The van der Waals surface area contributed by atoms with Crippen LogP contribution in [0.15, 0.2) is 89.8 Å². The van der Waals surface area contributed by atoms with Crippen molar-refractivity contribution in [2.24, 2.45) is 5.92 Å². The Kier molecular flexibility index (Phi) is 6.46. The number of anilines is 2. The van der Waals surface area contributed by atoms with Gasteiger partial charge in [0.05, 0.1) is 16.5 Å². The number of aliphatic carboxylic acids is 1. The van der Waals surface area contributed by atoms with Gasteiger partial charge < -0.3 is 10.0 Å². The van der Waals surface area contributed by atoms with Gasteiger partial charge in [0.15, 0.2) is 0 Å². The average molecular weight is 465 g/mol. The molecule has 0 aliphatic carbocycles. The van der Waals surface area contributed by atoms with Gasteiger partial charge in [-0.15, -0.1) is 0 Å². The molecule has 1 unspecified atom stereocenters. The molecule has 1 amide bonds. The summed E-state index contributed by atoms with van der Waals surface area (Å²) in [6.07, 6.45) is 0.489. The summed E-state index contributed by atoms with van der Waals surface area (Å²) in [6, 6.07) is 24.6. The Labute approximate surface area is 192 Å². The molecule has 0 bridgehead atoms. The van der Waals surface area contributed by atoms with Gasteiger partial charge in [-0.25, -0.2) is 8.42 Å². The molecule has 33 heavy (non-hydrogen) atoms. The minimum absolute atomic E-state index is 0.0589. The number of para-hydroxylation sites is 1. The molecule has 0 radical (unpaired) electrons. The van der Waals surface area contributed by atoms with E-state index in [0.717, 1.165) is 5.56 Å². The number of carbonyl (C=O) groups excluding carboxylic acids is 1. The van der Waals surface area contributed by atoms with Crippen LogP contribution in [0.3, 0.4) is 0 Å². The van der Waals surface area contributed by atoms with Gasteiger partial charge >= 0.3 is 5.97 Å². The first-order valence-corrected chi connectivity index (χ1v) is 12.1. The molecule has 1 fully saturated rings. The summed E-state index contributed by atoms with van der Waals surface area (Å²) in [5.41, 5.74) is 2.08. The topological polar surface area (TPSA) is 95.0 Å². The number of amides is 1. The summed E-state index contributed by atoms with van der Waals surface area (Å²) in [5.74, 6) is -2.05. The molecule has 170 valence electrons. The van der Waals surface area contributed by atoms with Crippen LogP contribution >= 0.6 is 0 Å². The van der Waals surface area contributed by atoms with Crippen molar-refractivity contribution < 1.29 is 23.1 Å². The molecule has 7 nitrogen and oxygen atoms in total. The van der Waals surface area contributed by atoms with Crippen molar-refractivity contribution in [1.82, 2.24) is 0 Å². The summed E-state index contributed by atoms with van der Waals surface area (Å²) >= 11 is 0. The predicted molar refractivity (Wildman–Crippen MR) is 126 cm³/mol. The van der Waals surface area contributed by atoms with Crippen LogP contribution in [0, 0.1) is 5.92 Å². The van der Waals surface area contributed by atoms with Gasteiger partial charge in [-0.2, -0.15) is 0 Å². The molecule has 4 rings (SSSR count). The third kappa shape index (κ3) is 4.90. The van der Waals surface area contributed by atoms with E-state index < -0.39 is 21.9 Å². The van der Waals surface area contributed by atoms with E-state index in [0.29, 0.717) is 17.8 Å². The fourth-order valence-corrected chi connectivity index (χ4v) is 5.37. The van der Waals surface area contributed by atoms with Crippen molar-refractivity contribution in [1.29, 1.82) is 0 Å². The van der Waals surface area contributed by atoms with E-state index in [-0.39, 0.29) is 30.3 Å². The fraction of sp³-hybridized carbons (Fsp3) is 0.200. The zero-order valence-corrected chi connectivity index (χ0v) is 18.7. The maximum Gasteiger partial charge on any atom is 0.308 e. The van der Waals surface area contributed by atoms with Crippen molar-refractivity contribution in [3.05, 3.63) is 90.5 Å². The van der Waals surface area contributed by atoms with Crippen LogP contribution < -0.4 is 9.21 Å². The number of carbonyl (C=O) groups is 2. The molecule has 1 heterocycles. The number of nitrogens with zero attached hydrogens (tertiary/aromatic N) is 2. The average Bonchev–Trinajstić information content (AvgIpc) is 3.22. The normalized spacial score (nSPS) is 16.1. The van der Waals surface area contributed by atoms with Crippen molar-refractivity contribution in [2.75, 3.05) is 22.3 Å². The second kappa shape index (κ2) is 9.46. The monoisotopic (exact) mass is 464 g/mol. The maximum absolute atomic E-state index is 13.6. The Morgan fingerprint density at radius 3 is 2.12 bits per heavy atom. The third-order valence-corrected chi connectivity index (χ3v) is 7.54. The lowest BCUT2D eigenvalue weighted by molar-refractivity contribution is -0.141. The minimum Gasteiger partial charge on any atom is -0.481 e. The quantitative estimate of drug-likeness (QED) is 0.550. The van der Waals surface area contributed by atoms with Crippen LogP contribution in [0.5, 0.6) is 0 Å². The molecule has 1 atom stereocenters. The van der Waals surface area contributed by atoms with Crippen molar-refractivity contribution >= 4 is 33.3 Å². The summed E-state index contributed by atoms with van der Waals surface area (Å²) in [7, 11) is -3.87. The molecular weight excluding hydrogens is 440 g/mol. The molecule has 0 spiro atoms. The number of sulfonamides is 1. The van der Waals surface area contributed by atoms with Gasteiger partial charge in [0.25, 0.3) is 10.0 Å². The van der Waals surface area contributed by atoms with Crippen LogP contribution in [-0.2, 0) is 26.0 Å². The molecule has 1 aliphatic heterocycles. The van der Waals surface area contributed by atoms with Gasteiger partial charge in [-0.3, -0.25) is 13.9 Å². The first-order chi connectivity index (χ1) is 15.9. The van der Waals surface area contributed by atoms with E-state index in [1.165, 1.54) is 21.3 Å². The molecule has 1 aliphatic rings. The van der Waals surface area contributed by atoms with E-state index in [4.69, 9.17) is 0 Å². The highest BCUT2D eigenvalue weighted by Gasteiger charge is 2.35. The van der Waals surface area contributed by atoms with Gasteiger partial charge in [-0.05, 0) is 48.4 Å². The van der Waals surface area contributed by atoms with Gasteiger partial charge in [0.2, 0.25) is 5.91 Å². The highest BCUT2D eigenvalue weighted by Crippen LogP contribution is 2.29. The van der Waals surface area contributed by atoms with Crippen LogP contribution in [0.1, 0.15) is 12.0 Å². The Balaban J connectivity index is 1.59. The molecule has 1 N–H and O–H groups in total. The Bertz CT molecular complexity index is 1230. The van der Waals surface area contributed by atoms with Gasteiger partial charge in [0.1, 0.15) is 0 Å². The molecule has 1 saturated heterocycles. The molecule has 8 heteroatoms. The number of carboxylic acid groups (broad SMARTS) is 1. The van der Waals surface area contributed by atoms with Gasteiger partial charge in [-0.1, -0.05) is 48.5 Å². The number of rotatable bonds is 8. The number of carboxylic acids is 1. The van der Waals surface area contributed by atoms with Crippen LogP contribution in [0.4, 0.5) is 11.4 Å². The Morgan fingerprint density at radius 1 is 0.939 bits per heavy atom. The van der Waals surface area contributed by atoms with E-state index in [1.54, 1.807) is 36.4 Å². The van der Waals surface area contributed by atoms with Gasteiger partial charge in [0, 0.05) is 25.2 Å². The fourth-order valence-electron chi connectivity index (χ4n) is 3.91. The van der Waals surface area contributed by atoms with E-state index in [9.17, 15) is 23.1 Å². The minimum atomic E-state index is -3.87. The molecule has 3 aromatic carbocycles. The highest BCUT2D eigenvalue weighted by molar-refractivity contribution is 7.92. The third-order valence-electron chi connectivity index (χ3n) is 5.70. The summed E-state index contributed by atoms with van der Waals surface area (Å²) < 4.78 is 28.5. The second-order valence-corrected chi connectivity index (χ2v) is 9.75. The first-order valence-electron chi connectivity index (χ1n) is 10.6. The largest absolute Gasteiger partial charge is 0.481 e. The second-order valence-electron chi connectivity index (χ2n) is 7.89. The zero-order chi connectivity index (χ0) is 23.4. The number of hydrogen-bond acceptors (Lipinski definition) is 4. The molecule has 3 aromatic rings. The van der Waals surface area contributed by atoms with Crippen LogP contribution in [0.2, 0.25) is 0 Å². The first kappa shape index (κ1) is 22.5. The van der Waals surface area contributed by atoms with Crippen LogP contribution in [-0.4, -0.2) is 38.5 Å².